The van der Waals surface area contributed by atoms with Crippen molar-refractivity contribution in [1.29, 1.82) is 0 Å². The predicted octanol–water partition coefficient (Wildman–Crippen LogP) is 11.0. The first-order valence-electron chi connectivity index (χ1n) is 18.7. The Kier molecular flexibility index (Phi) is 11.0. The summed E-state index contributed by atoms with van der Waals surface area (Å²) >= 11 is 0. The molecule has 0 unspecified atom stereocenters. The van der Waals surface area contributed by atoms with Gasteiger partial charge < -0.3 is 18.9 Å². The fourth-order valence-corrected chi connectivity index (χ4v) is 6.90. The molecule has 4 aromatic heterocycles. The SMILES string of the molecule is COc1cccc(-c2ccc(C(=C(c3ccc(-c4cccc(OC)n4)cc3)c3ccc(-c4cccc(OC)n4)cc3)c3ccc(-c4cccc(OC)n4)cc3)cc2)n1. The molecule has 0 radical (unpaired) electrons. The molecular formula is C50H40N4O4. The quantitative estimate of drug-likeness (QED) is 0.114. The summed E-state index contributed by atoms with van der Waals surface area (Å²) in [5.74, 6) is 2.26. The Hall–Kier alpha value is -7.58. The van der Waals surface area contributed by atoms with Crippen LogP contribution in [0.4, 0.5) is 0 Å². The number of pyridine rings is 4. The van der Waals surface area contributed by atoms with E-state index >= 15 is 0 Å². The molecule has 58 heavy (non-hydrogen) atoms. The number of ether oxygens (including phenoxy) is 4. The molecule has 0 aliphatic rings. The highest BCUT2D eigenvalue weighted by Gasteiger charge is 2.18. The van der Waals surface area contributed by atoms with Gasteiger partial charge in [-0.15, -0.1) is 0 Å². The van der Waals surface area contributed by atoms with Crippen LogP contribution in [0.2, 0.25) is 0 Å². The predicted molar refractivity (Wildman–Crippen MR) is 230 cm³/mol. The highest BCUT2D eigenvalue weighted by atomic mass is 16.5. The van der Waals surface area contributed by atoms with Crippen LogP contribution in [-0.2, 0) is 0 Å². The van der Waals surface area contributed by atoms with Crippen LogP contribution in [0.15, 0.2) is 170 Å². The van der Waals surface area contributed by atoms with E-state index in [1.54, 1.807) is 28.4 Å². The Labute approximate surface area is 338 Å². The molecule has 0 saturated carbocycles. The average Bonchev–Trinajstić information content (AvgIpc) is 3.31. The van der Waals surface area contributed by atoms with Crippen LogP contribution in [0.1, 0.15) is 22.3 Å². The summed E-state index contributed by atoms with van der Waals surface area (Å²) in [5, 5.41) is 0. The summed E-state index contributed by atoms with van der Waals surface area (Å²) in [5.41, 5.74) is 13.5. The number of hydrogen-bond donors (Lipinski definition) is 0. The van der Waals surface area contributed by atoms with Crippen molar-refractivity contribution in [3.05, 3.63) is 192 Å². The van der Waals surface area contributed by atoms with E-state index in [-0.39, 0.29) is 0 Å². The third kappa shape index (κ3) is 8.03. The molecular weight excluding hydrogens is 721 g/mol. The number of nitrogens with zero attached hydrogens (tertiary/aromatic N) is 4. The first kappa shape index (κ1) is 37.3. The molecule has 8 rings (SSSR count). The van der Waals surface area contributed by atoms with Gasteiger partial charge in [-0.1, -0.05) is 121 Å². The Balaban J connectivity index is 1.32. The number of hydrogen-bond acceptors (Lipinski definition) is 8. The topological polar surface area (TPSA) is 88.5 Å². The van der Waals surface area contributed by atoms with Crippen molar-refractivity contribution in [2.75, 3.05) is 28.4 Å². The van der Waals surface area contributed by atoms with Crippen molar-refractivity contribution in [1.82, 2.24) is 19.9 Å². The van der Waals surface area contributed by atoms with Crippen LogP contribution < -0.4 is 18.9 Å². The minimum absolute atomic E-state index is 0.565. The maximum Gasteiger partial charge on any atom is 0.213 e. The summed E-state index contributed by atoms with van der Waals surface area (Å²) in [7, 11) is 6.51. The van der Waals surface area contributed by atoms with Crippen molar-refractivity contribution in [3.8, 4) is 68.5 Å². The lowest BCUT2D eigenvalue weighted by Gasteiger charge is -2.19. The van der Waals surface area contributed by atoms with Crippen molar-refractivity contribution in [3.63, 3.8) is 0 Å². The lowest BCUT2D eigenvalue weighted by Crippen LogP contribution is -1.99. The van der Waals surface area contributed by atoms with Gasteiger partial charge in [0.15, 0.2) is 0 Å². The number of aromatic nitrogens is 4. The highest BCUT2D eigenvalue weighted by molar-refractivity contribution is 6.05. The van der Waals surface area contributed by atoms with E-state index in [2.05, 4.69) is 117 Å². The van der Waals surface area contributed by atoms with E-state index < -0.39 is 0 Å². The van der Waals surface area contributed by atoms with E-state index in [9.17, 15) is 0 Å². The van der Waals surface area contributed by atoms with Gasteiger partial charge in [-0.25, -0.2) is 19.9 Å². The van der Waals surface area contributed by atoms with Crippen LogP contribution in [0.5, 0.6) is 23.5 Å². The lowest BCUT2D eigenvalue weighted by atomic mass is 9.84. The molecule has 4 heterocycles. The van der Waals surface area contributed by atoms with E-state index in [0.717, 1.165) is 78.4 Å². The van der Waals surface area contributed by atoms with Gasteiger partial charge in [0, 0.05) is 46.5 Å². The lowest BCUT2D eigenvalue weighted by molar-refractivity contribution is 0.398. The molecule has 0 aliphatic carbocycles. The van der Waals surface area contributed by atoms with E-state index in [0.29, 0.717) is 23.5 Å². The first-order chi connectivity index (χ1) is 28.5. The molecule has 0 amide bonds. The smallest absolute Gasteiger partial charge is 0.213 e. The second kappa shape index (κ2) is 17.1. The Morgan fingerprint density at radius 2 is 0.483 bits per heavy atom. The fourth-order valence-electron chi connectivity index (χ4n) is 6.90. The first-order valence-corrected chi connectivity index (χ1v) is 18.7. The molecule has 0 fully saturated rings. The molecule has 0 aliphatic heterocycles. The van der Waals surface area contributed by atoms with E-state index in [1.807, 2.05) is 72.8 Å². The molecule has 8 heteroatoms. The third-order valence-corrected chi connectivity index (χ3v) is 9.86. The van der Waals surface area contributed by atoms with Crippen molar-refractivity contribution in [2.45, 2.75) is 0 Å². The standard InChI is InChI=1S/C50H40N4O4/c1-55-45-13-5-9-41(51-45)33-17-25-37(26-18-33)49(38-27-19-34(20-28-38)42-10-6-14-46(52-42)56-2)50(39-29-21-35(22-30-39)43-11-7-15-47(53-43)57-3)40-31-23-36(24-32-40)44-12-8-16-48(54-44)58-4/h5-32H,1-4H3. The monoisotopic (exact) mass is 760 g/mol. The van der Waals surface area contributed by atoms with Gasteiger partial charge in [0.05, 0.1) is 51.2 Å². The van der Waals surface area contributed by atoms with E-state index in [4.69, 9.17) is 18.9 Å². The van der Waals surface area contributed by atoms with Crippen LogP contribution in [0.25, 0.3) is 56.2 Å². The van der Waals surface area contributed by atoms with Crippen LogP contribution in [-0.4, -0.2) is 48.4 Å². The van der Waals surface area contributed by atoms with Gasteiger partial charge in [0.1, 0.15) is 0 Å². The summed E-state index contributed by atoms with van der Waals surface area (Å²) in [6.45, 7) is 0. The second-order valence-corrected chi connectivity index (χ2v) is 13.3. The zero-order chi connectivity index (χ0) is 39.8. The Bertz CT molecular complexity index is 2320. The highest BCUT2D eigenvalue weighted by Crippen LogP contribution is 2.39. The van der Waals surface area contributed by atoms with Crippen molar-refractivity contribution < 1.29 is 18.9 Å². The Morgan fingerprint density at radius 3 is 0.672 bits per heavy atom. The minimum atomic E-state index is 0.565. The largest absolute Gasteiger partial charge is 0.481 e. The molecule has 0 bridgehead atoms. The van der Waals surface area contributed by atoms with Gasteiger partial charge in [-0.2, -0.15) is 0 Å². The fraction of sp³-hybridized carbons (Fsp3) is 0.0800. The van der Waals surface area contributed by atoms with Gasteiger partial charge in [0.25, 0.3) is 0 Å². The average molecular weight is 761 g/mol. The molecule has 8 aromatic rings. The van der Waals surface area contributed by atoms with Crippen LogP contribution in [0, 0.1) is 0 Å². The summed E-state index contributed by atoms with van der Waals surface area (Å²) in [4.78, 5) is 18.8. The summed E-state index contributed by atoms with van der Waals surface area (Å²) in [6, 6.07) is 57.3. The van der Waals surface area contributed by atoms with Crippen molar-refractivity contribution in [2.24, 2.45) is 0 Å². The normalized spacial score (nSPS) is 10.8. The summed E-state index contributed by atoms with van der Waals surface area (Å²) < 4.78 is 21.7. The van der Waals surface area contributed by atoms with Crippen LogP contribution >= 0.6 is 0 Å². The van der Waals surface area contributed by atoms with Gasteiger partial charge in [0.2, 0.25) is 23.5 Å². The maximum atomic E-state index is 5.43. The molecule has 0 saturated heterocycles. The Morgan fingerprint density at radius 1 is 0.276 bits per heavy atom. The molecule has 0 atom stereocenters. The zero-order valence-electron chi connectivity index (χ0n) is 32.6. The van der Waals surface area contributed by atoms with Gasteiger partial charge in [-0.3, -0.25) is 0 Å². The molecule has 4 aromatic carbocycles. The molecule has 284 valence electrons. The zero-order valence-corrected chi connectivity index (χ0v) is 32.6. The number of benzene rings is 4. The van der Waals surface area contributed by atoms with Crippen molar-refractivity contribution >= 4 is 11.1 Å². The van der Waals surface area contributed by atoms with E-state index in [1.165, 1.54) is 0 Å². The number of rotatable bonds is 12. The summed E-state index contributed by atoms with van der Waals surface area (Å²) in [6.07, 6.45) is 0. The molecule has 0 N–H and O–H groups in total. The number of methoxy groups -OCH3 is 4. The molecule has 8 nitrogen and oxygen atoms in total. The van der Waals surface area contributed by atoms with Crippen LogP contribution in [0.3, 0.4) is 0 Å². The second-order valence-electron chi connectivity index (χ2n) is 13.3. The third-order valence-electron chi connectivity index (χ3n) is 9.86. The van der Waals surface area contributed by atoms with Gasteiger partial charge >= 0.3 is 0 Å². The maximum absolute atomic E-state index is 5.43. The molecule has 0 spiro atoms. The minimum Gasteiger partial charge on any atom is -0.481 e. The van der Waals surface area contributed by atoms with Gasteiger partial charge in [-0.05, 0) is 57.7 Å².